The lowest BCUT2D eigenvalue weighted by molar-refractivity contribution is -0.150. The van der Waals surface area contributed by atoms with Gasteiger partial charge in [-0.15, -0.1) is 16.9 Å². The summed E-state index contributed by atoms with van der Waals surface area (Å²) in [4.78, 5) is 76.6. The molecule has 2 aliphatic rings. The van der Waals surface area contributed by atoms with E-state index in [0.717, 1.165) is 4.90 Å². The number of nitrogens with one attached hydrogen (secondary N) is 3. The number of aryl methyl sites for hydroxylation is 1. The number of carboxylic acids is 1. The van der Waals surface area contributed by atoms with E-state index in [0.29, 0.717) is 17.0 Å². The van der Waals surface area contributed by atoms with Crippen LogP contribution >= 0.6 is 24.0 Å². The fourth-order valence-electron chi connectivity index (χ4n) is 5.33. The minimum atomic E-state index is -1.39. The number of hydrogen-bond donors (Lipinski definition) is 5. The second-order valence-corrected chi connectivity index (χ2v) is 12.6. The van der Waals surface area contributed by atoms with E-state index in [2.05, 4.69) is 36.1 Å². The quantitative estimate of drug-likeness (QED) is 0.0659. The summed E-state index contributed by atoms with van der Waals surface area (Å²) in [6.45, 7) is 0. The van der Waals surface area contributed by atoms with E-state index >= 15 is 0 Å². The monoisotopic (exact) mass is 689 g/mol. The first-order chi connectivity index (χ1) is 22.9. The molecular formula is C29H27N11O6S2. The number of β-lactam (4-membered cyclic amide) rings is 1. The lowest BCUT2D eigenvalue weighted by atomic mass is 9.99. The fourth-order valence-corrected chi connectivity index (χ4v) is 7.12. The highest BCUT2D eigenvalue weighted by Crippen LogP contribution is 2.41. The molecule has 48 heavy (non-hydrogen) atoms. The van der Waals surface area contributed by atoms with Crippen molar-refractivity contribution in [3.63, 3.8) is 0 Å². The predicted molar refractivity (Wildman–Crippen MR) is 178 cm³/mol. The average Bonchev–Trinajstić information content (AvgIpc) is 3.50. The third kappa shape index (κ3) is 5.62. The zero-order chi connectivity index (χ0) is 34.4. The lowest BCUT2D eigenvalue weighted by Gasteiger charge is -2.49. The largest absolute Gasteiger partial charge is 0.477 e. The van der Waals surface area contributed by atoms with Crippen molar-refractivity contribution in [1.29, 1.82) is 0 Å². The number of thiocarbonyl (C=S) groups is 1. The highest BCUT2D eigenvalue weighted by Gasteiger charge is 2.55. The number of carbonyl (C=O) groups is 4. The van der Waals surface area contributed by atoms with Gasteiger partial charge in [-0.05, 0) is 40.3 Å². The van der Waals surface area contributed by atoms with Gasteiger partial charge in [0.25, 0.3) is 11.8 Å². The maximum atomic E-state index is 13.8. The number of amides is 3. The van der Waals surface area contributed by atoms with Gasteiger partial charge in [0.2, 0.25) is 11.3 Å². The summed E-state index contributed by atoms with van der Waals surface area (Å²) in [7, 11) is 5.07. The zero-order valence-electron chi connectivity index (χ0n) is 25.5. The Hall–Kier alpha value is -5.69. The van der Waals surface area contributed by atoms with Crippen molar-refractivity contribution < 1.29 is 24.3 Å². The Morgan fingerprint density at radius 2 is 1.98 bits per heavy atom. The lowest BCUT2D eigenvalue weighted by Crippen LogP contribution is -2.71. The van der Waals surface area contributed by atoms with Gasteiger partial charge in [0.05, 0.1) is 10.4 Å². The number of aliphatic carboxylic acids is 1. The van der Waals surface area contributed by atoms with E-state index in [9.17, 15) is 29.1 Å². The van der Waals surface area contributed by atoms with Gasteiger partial charge in [-0.3, -0.25) is 24.1 Å². The number of thioether (sulfide) groups is 1. The molecule has 1 fully saturated rings. The van der Waals surface area contributed by atoms with Crippen LogP contribution in [-0.2, 0) is 21.4 Å². The third-order valence-electron chi connectivity index (χ3n) is 7.76. The van der Waals surface area contributed by atoms with Crippen LogP contribution < -0.4 is 26.7 Å². The minimum absolute atomic E-state index is 0.0323. The number of hydrogen-bond acceptors (Lipinski definition) is 13. The number of anilines is 2. The van der Waals surface area contributed by atoms with Gasteiger partial charge < -0.3 is 31.4 Å². The molecule has 1 aromatic carbocycles. The Labute approximate surface area is 280 Å². The Balaban J connectivity index is 1.27. The Kier molecular flexibility index (Phi) is 8.39. The molecule has 1 saturated heterocycles. The van der Waals surface area contributed by atoms with Crippen molar-refractivity contribution in [2.45, 2.75) is 17.5 Å². The summed E-state index contributed by atoms with van der Waals surface area (Å²) in [5, 5.41) is 25.6. The van der Waals surface area contributed by atoms with Crippen molar-refractivity contribution >= 4 is 75.1 Å². The normalized spacial score (nSPS) is 17.7. The number of pyridine rings is 2. The molecule has 0 aliphatic carbocycles. The van der Waals surface area contributed by atoms with Crippen LogP contribution in [0.2, 0.25) is 0 Å². The molecule has 0 radical (unpaired) electrons. The number of carboxylic acid groups (broad SMARTS) is 1. The molecule has 19 heteroatoms. The second-order valence-electron chi connectivity index (χ2n) is 11.1. The van der Waals surface area contributed by atoms with Crippen molar-refractivity contribution in [2.75, 3.05) is 30.5 Å². The molecule has 4 aromatic rings. The highest BCUT2D eigenvalue weighted by molar-refractivity contribution is 8.00. The van der Waals surface area contributed by atoms with Crippen LogP contribution in [0.25, 0.3) is 11.0 Å². The van der Waals surface area contributed by atoms with Gasteiger partial charge in [0.15, 0.2) is 5.82 Å². The van der Waals surface area contributed by atoms with Gasteiger partial charge in [-0.1, -0.05) is 24.4 Å². The van der Waals surface area contributed by atoms with Crippen LogP contribution in [0.3, 0.4) is 0 Å². The number of benzene rings is 1. The SMILES string of the molecule is CN(C)c1ccc2[nH]cc(C(=O)NC(C(=O)NC3C(=O)N4C(C(=O)O)=C(C(=S)c5nnnn5C)CS[C@@H]34)c3cccc(N)c3)c(=O)c2n1. The molecule has 0 bridgehead atoms. The summed E-state index contributed by atoms with van der Waals surface area (Å²) >= 11 is 6.67. The van der Waals surface area contributed by atoms with Gasteiger partial charge in [-0.2, -0.15) is 0 Å². The molecule has 3 atom stereocenters. The maximum absolute atomic E-state index is 13.8. The number of H-pyrrole nitrogens is 1. The first-order valence-corrected chi connectivity index (χ1v) is 15.7. The molecule has 5 heterocycles. The number of aromatic nitrogens is 6. The average molecular weight is 690 g/mol. The molecule has 6 N–H and O–H groups in total. The van der Waals surface area contributed by atoms with E-state index in [1.807, 2.05) is 0 Å². The number of nitrogens with zero attached hydrogens (tertiary/aromatic N) is 7. The van der Waals surface area contributed by atoms with E-state index in [1.165, 1.54) is 28.7 Å². The number of rotatable bonds is 9. The summed E-state index contributed by atoms with van der Waals surface area (Å²) < 4.78 is 1.29. The van der Waals surface area contributed by atoms with Crippen molar-refractivity contribution in [2.24, 2.45) is 7.05 Å². The predicted octanol–water partition coefficient (Wildman–Crippen LogP) is -0.277. The van der Waals surface area contributed by atoms with E-state index in [4.69, 9.17) is 18.0 Å². The molecule has 17 nitrogen and oxygen atoms in total. The van der Waals surface area contributed by atoms with Crippen LogP contribution in [0.4, 0.5) is 11.5 Å². The molecule has 2 aliphatic heterocycles. The second kappa shape index (κ2) is 12.5. The Morgan fingerprint density at radius 3 is 2.65 bits per heavy atom. The fraction of sp³-hybridized carbons (Fsp3) is 0.241. The van der Waals surface area contributed by atoms with Gasteiger partial charge in [0, 0.05) is 44.4 Å². The molecule has 3 amide bonds. The first kappa shape index (κ1) is 32.3. The molecular weight excluding hydrogens is 663 g/mol. The van der Waals surface area contributed by atoms with Crippen molar-refractivity contribution in [3.05, 3.63) is 81.0 Å². The highest BCUT2D eigenvalue weighted by atomic mass is 32.2. The zero-order valence-corrected chi connectivity index (χ0v) is 27.1. The number of nitrogens with two attached hydrogens (primary N) is 1. The maximum Gasteiger partial charge on any atom is 0.353 e. The van der Waals surface area contributed by atoms with E-state index in [1.54, 1.807) is 56.4 Å². The van der Waals surface area contributed by atoms with Crippen LogP contribution in [0.5, 0.6) is 0 Å². The van der Waals surface area contributed by atoms with E-state index in [-0.39, 0.29) is 44.4 Å². The third-order valence-corrected chi connectivity index (χ3v) is 9.47. The molecule has 2 unspecified atom stereocenters. The van der Waals surface area contributed by atoms with Crippen molar-refractivity contribution in [3.8, 4) is 0 Å². The summed E-state index contributed by atoms with van der Waals surface area (Å²) in [6.07, 6.45) is 1.23. The number of nitrogen functional groups attached to an aromatic ring is 1. The van der Waals surface area contributed by atoms with Crippen LogP contribution in [0.15, 0.2) is 58.7 Å². The number of aromatic amines is 1. The van der Waals surface area contributed by atoms with E-state index < -0.39 is 46.6 Å². The van der Waals surface area contributed by atoms with Gasteiger partial charge in [-0.25, -0.2) is 14.5 Å². The summed E-state index contributed by atoms with van der Waals surface area (Å²) in [6, 6.07) is 7.06. The molecule has 0 spiro atoms. The molecule has 3 aromatic heterocycles. The molecule has 6 rings (SSSR count). The van der Waals surface area contributed by atoms with Crippen LogP contribution in [0.1, 0.15) is 27.8 Å². The number of tetrazole rings is 1. The first-order valence-electron chi connectivity index (χ1n) is 14.2. The van der Waals surface area contributed by atoms with Crippen LogP contribution in [-0.4, -0.2) is 100 Å². The standard InChI is InChI=1S/C29H27N11O6S2/c1-38(2)17-8-7-16-19(32-17)22(41)14(10-31-16)25(42)33-18(12-5-4-6-13(30)9-12)26(43)34-20-27(44)40-21(29(45)46)15(11-48-28(20)40)23(47)24-35-36-37-39(24)3/h4-10,18,20,28H,11,30H2,1-3H3,(H,31,41)(H,33,42)(H,34,43)(H,45,46)/t18?,20?,28-/m0/s1. The number of fused-ring (bicyclic) bond motifs is 2. The smallest absolute Gasteiger partial charge is 0.353 e. The van der Waals surface area contributed by atoms with Gasteiger partial charge >= 0.3 is 5.97 Å². The molecule has 246 valence electrons. The van der Waals surface area contributed by atoms with Crippen LogP contribution in [0, 0.1) is 0 Å². The number of carbonyl (C=O) groups excluding carboxylic acids is 3. The minimum Gasteiger partial charge on any atom is -0.477 e. The summed E-state index contributed by atoms with van der Waals surface area (Å²) in [5.74, 6) is -2.98. The van der Waals surface area contributed by atoms with Crippen molar-refractivity contribution in [1.82, 2.24) is 45.7 Å². The van der Waals surface area contributed by atoms with Gasteiger partial charge in [0.1, 0.15) is 40.1 Å². The Bertz CT molecular complexity index is 2130. The summed E-state index contributed by atoms with van der Waals surface area (Å²) in [5.41, 5.74) is 5.92. The topological polar surface area (TPSA) is 234 Å². The molecule has 0 saturated carbocycles. The Morgan fingerprint density at radius 1 is 1.21 bits per heavy atom.